The van der Waals surface area contributed by atoms with Gasteiger partial charge >= 0.3 is 0 Å². The van der Waals surface area contributed by atoms with E-state index in [-0.39, 0.29) is 12.0 Å². The fourth-order valence-corrected chi connectivity index (χ4v) is 3.21. The minimum atomic E-state index is 0.00000800. The van der Waals surface area contributed by atoms with Gasteiger partial charge in [-0.15, -0.1) is 0 Å². The van der Waals surface area contributed by atoms with E-state index in [1.807, 2.05) is 30.0 Å². The zero-order valence-electron chi connectivity index (χ0n) is 12.4. The Hall–Kier alpha value is -2.15. The number of nitrogens with zero attached hydrogens (tertiary/aromatic N) is 3. The Bertz CT molecular complexity index is 631. The molecule has 0 aliphatic carbocycles. The van der Waals surface area contributed by atoms with Crippen LogP contribution in [0.25, 0.3) is 0 Å². The number of rotatable bonds is 5. The molecule has 6 nitrogen and oxygen atoms in total. The first kappa shape index (κ1) is 14.8. The van der Waals surface area contributed by atoms with Crippen LogP contribution in [0, 0.1) is 0 Å². The Labute approximate surface area is 133 Å². The van der Waals surface area contributed by atoms with Crippen LogP contribution in [0.4, 0.5) is 5.13 Å². The smallest absolute Gasteiger partial charge is 0.265 e. The number of carbonyl (C=O) groups is 1. The molecule has 1 N–H and O–H groups in total. The SMILES string of the molecule is CCNc1ncc(C(=O)N2CCC(Oc3ccccn3)C2)s1. The lowest BCUT2D eigenvalue weighted by atomic mass is 10.3. The molecule has 1 unspecified atom stereocenters. The number of pyridine rings is 1. The molecule has 2 aromatic heterocycles. The third-order valence-electron chi connectivity index (χ3n) is 3.40. The number of aromatic nitrogens is 2. The maximum absolute atomic E-state index is 12.5. The summed E-state index contributed by atoms with van der Waals surface area (Å²) in [4.78, 5) is 23.3. The van der Waals surface area contributed by atoms with Crippen molar-refractivity contribution < 1.29 is 9.53 Å². The van der Waals surface area contributed by atoms with Gasteiger partial charge in [0.15, 0.2) is 5.13 Å². The van der Waals surface area contributed by atoms with Crippen molar-refractivity contribution in [1.82, 2.24) is 14.9 Å². The van der Waals surface area contributed by atoms with E-state index in [4.69, 9.17) is 4.74 Å². The predicted molar refractivity (Wildman–Crippen MR) is 85.5 cm³/mol. The molecule has 0 spiro atoms. The normalized spacial score (nSPS) is 17.5. The standard InChI is InChI=1S/C15H18N4O2S/c1-2-16-15-18-9-12(22-15)14(20)19-8-6-11(10-19)21-13-5-3-4-7-17-13/h3-5,7,9,11H,2,6,8,10H2,1H3,(H,16,18). The molecule has 1 fully saturated rings. The third-order valence-corrected chi connectivity index (χ3v) is 4.34. The monoisotopic (exact) mass is 318 g/mol. The molecule has 3 rings (SSSR count). The number of amides is 1. The first-order chi connectivity index (χ1) is 10.8. The van der Waals surface area contributed by atoms with Crippen LogP contribution in [-0.2, 0) is 0 Å². The van der Waals surface area contributed by atoms with Crippen molar-refractivity contribution in [3.8, 4) is 5.88 Å². The Morgan fingerprint density at radius 1 is 1.50 bits per heavy atom. The average molecular weight is 318 g/mol. The molecule has 1 amide bonds. The highest BCUT2D eigenvalue weighted by Crippen LogP contribution is 2.23. The third kappa shape index (κ3) is 3.36. The van der Waals surface area contributed by atoms with Crippen LogP contribution in [0.2, 0.25) is 0 Å². The summed E-state index contributed by atoms with van der Waals surface area (Å²) in [6, 6.07) is 5.57. The maximum Gasteiger partial charge on any atom is 0.265 e. The average Bonchev–Trinajstić information content (AvgIpc) is 3.18. The molecule has 1 saturated heterocycles. The Morgan fingerprint density at radius 3 is 3.18 bits per heavy atom. The largest absolute Gasteiger partial charge is 0.472 e. The van der Waals surface area contributed by atoms with E-state index >= 15 is 0 Å². The van der Waals surface area contributed by atoms with Gasteiger partial charge in [-0.1, -0.05) is 17.4 Å². The molecular weight excluding hydrogens is 300 g/mol. The molecule has 0 bridgehead atoms. The van der Waals surface area contributed by atoms with Crippen LogP contribution in [-0.4, -0.2) is 46.5 Å². The molecule has 2 aromatic rings. The molecule has 3 heterocycles. The molecule has 0 radical (unpaired) electrons. The van der Waals surface area contributed by atoms with E-state index in [9.17, 15) is 4.79 Å². The fraction of sp³-hybridized carbons (Fsp3) is 0.400. The topological polar surface area (TPSA) is 67.4 Å². The van der Waals surface area contributed by atoms with Crippen LogP contribution >= 0.6 is 11.3 Å². The quantitative estimate of drug-likeness (QED) is 0.916. The number of hydrogen-bond acceptors (Lipinski definition) is 6. The van der Waals surface area contributed by atoms with Crippen LogP contribution in [0.3, 0.4) is 0 Å². The van der Waals surface area contributed by atoms with Crippen LogP contribution in [0.15, 0.2) is 30.6 Å². The number of thiazole rings is 1. The Balaban J connectivity index is 1.58. The van der Waals surface area contributed by atoms with Crippen LogP contribution < -0.4 is 10.1 Å². The zero-order chi connectivity index (χ0) is 15.4. The minimum Gasteiger partial charge on any atom is -0.472 e. The summed E-state index contributed by atoms with van der Waals surface area (Å²) in [5.41, 5.74) is 0. The summed E-state index contributed by atoms with van der Waals surface area (Å²) in [5.74, 6) is 0.628. The van der Waals surface area contributed by atoms with Gasteiger partial charge in [-0.05, 0) is 13.0 Å². The van der Waals surface area contributed by atoms with E-state index in [1.54, 1.807) is 12.4 Å². The van der Waals surface area contributed by atoms with Crippen LogP contribution in [0.1, 0.15) is 23.0 Å². The number of carbonyl (C=O) groups excluding carboxylic acids is 1. The van der Waals surface area contributed by atoms with Gasteiger partial charge in [0.2, 0.25) is 5.88 Å². The highest BCUT2D eigenvalue weighted by atomic mass is 32.1. The molecule has 0 aromatic carbocycles. The maximum atomic E-state index is 12.5. The van der Waals surface area contributed by atoms with Gasteiger partial charge in [-0.3, -0.25) is 4.79 Å². The van der Waals surface area contributed by atoms with Crippen molar-refractivity contribution in [3.63, 3.8) is 0 Å². The molecule has 7 heteroatoms. The number of anilines is 1. The molecule has 1 aliphatic rings. The summed E-state index contributed by atoms with van der Waals surface area (Å²) in [5, 5.41) is 3.90. The van der Waals surface area contributed by atoms with E-state index in [0.717, 1.165) is 18.1 Å². The van der Waals surface area contributed by atoms with Gasteiger partial charge < -0.3 is 15.0 Å². The van der Waals surface area contributed by atoms with Crippen molar-refractivity contribution in [1.29, 1.82) is 0 Å². The second-order valence-electron chi connectivity index (χ2n) is 5.01. The highest BCUT2D eigenvalue weighted by Gasteiger charge is 2.29. The summed E-state index contributed by atoms with van der Waals surface area (Å²) >= 11 is 1.39. The van der Waals surface area contributed by atoms with E-state index < -0.39 is 0 Å². The van der Waals surface area contributed by atoms with Gasteiger partial charge in [0.25, 0.3) is 5.91 Å². The fourth-order valence-electron chi connectivity index (χ4n) is 2.36. The van der Waals surface area contributed by atoms with Crippen molar-refractivity contribution >= 4 is 22.4 Å². The first-order valence-corrected chi connectivity index (χ1v) is 8.14. The van der Waals surface area contributed by atoms with Gasteiger partial charge in [0.05, 0.1) is 12.7 Å². The molecular formula is C15H18N4O2S. The zero-order valence-corrected chi connectivity index (χ0v) is 13.2. The molecule has 22 heavy (non-hydrogen) atoms. The number of nitrogens with one attached hydrogen (secondary N) is 1. The van der Waals surface area contributed by atoms with E-state index in [1.165, 1.54) is 11.3 Å². The van der Waals surface area contributed by atoms with Crippen molar-refractivity contribution in [2.75, 3.05) is 25.0 Å². The number of likely N-dealkylation sites (tertiary alicyclic amines) is 1. The lowest BCUT2D eigenvalue weighted by Crippen LogP contribution is -2.30. The van der Waals surface area contributed by atoms with E-state index in [2.05, 4.69) is 15.3 Å². The summed E-state index contributed by atoms with van der Waals surface area (Å²) in [6.07, 6.45) is 4.16. The highest BCUT2D eigenvalue weighted by molar-refractivity contribution is 7.17. The second kappa shape index (κ2) is 6.74. The van der Waals surface area contributed by atoms with Crippen molar-refractivity contribution in [3.05, 3.63) is 35.5 Å². The number of ether oxygens (including phenoxy) is 1. The van der Waals surface area contributed by atoms with Crippen molar-refractivity contribution in [2.45, 2.75) is 19.4 Å². The number of hydrogen-bond donors (Lipinski definition) is 1. The predicted octanol–water partition coefficient (Wildman–Crippen LogP) is 2.26. The van der Waals surface area contributed by atoms with Crippen LogP contribution in [0.5, 0.6) is 5.88 Å². The van der Waals surface area contributed by atoms with Gasteiger partial charge in [-0.2, -0.15) is 0 Å². The lowest BCUT2D eigenvalue weighted by molar-refractivity contribution is 0.0775. The summed E-state index contributed by atoms with van der Waals surface area (Å²) in [6.45, 7) is 4.09. The summed E-state index contributed by atoms with van der Waals surface area (Å²) < 4.78 is 5.81. The summed E-state index contributed by atoms with van der Waals surface area (Å²) in [7, 11) is 0. The molecule has 116 valence electrons. The molecule has 1 atom stereocenters. The van der Waals surface area contributed by atoms with Crippen molar-refractivity contribution in [2.24, 2.45) is 0 Å². The van der Waals surface area contributed by atoms with Gasteiger partial charge in [0, 0.05) is 31.8 Å². The minimum absolute atomic E-state index is 0.00000800. The Kier molecular flexibility index (Phi) is 4.53. The van der Waals surface area contributed by atoms with Gasteiger partial charge in [0.1, 0.15) is 11.0 Å². The lowest BCUT2D eigenvalue weighted by Gasteiger charge is -2.15. The first-order valence-electron chi connectivity index (χ1n) is 7.33. The Morgan fingerprint density at radius 2 is 2.41 bits per heavy atom. The van der Waals surface area contributed by atoms with E-state index in [0.29, 0.717) is 23.8 Å². The molecule has 1 aliphatic heterocycles. The molecule has 0 saturated carbocycles. The second-order valence-corrected chi connectivity index (χ2v) is 6.04. The van der Waals surface area contributed by atoms with Gasteiger partial charge in [-0.25, -0.2) is 9.97 Å².